The molecule has 7 heteroatoms. The molecule has 0 saturated carbocycles. The maximum atomic E-state index is 13.6. The van der Waals surface area contributed by atoms with E-state index >= 15 is 0 Å². The minimum atomic E-state index is -0.904. The number of pyridine rings is 1. The number of benzene rings is 1. The lowest BCUT2D eigenvalue weighted by molar-refractivity contribution is 0.579. The SMILES string of the molecule is CNc1nc(Nc2ccc(Br)cc2F)c(F)cc1F. The number of anilines is 3. The van der Waals surface area contributed by atoms with Gasteiger partial charge in [-0.15, -0.1) is 0 Å². The van der Waals surface area contributed by atoms with Gasteiger partial charge >= 0.3 is 0 Å². The Morgan fingerprint density at radius 3 is 2.32 bits per heavy atom. The van der Waals surface area contributed by atoms with Crippen LogP contribution in [-0.4, -0.2) is 12.0 Å². The van der Waals surface area contributed by atoms with Crippen LogP contribution in [0.2, 0.25) is 0 Å². The van der Waals surface area contributed by atoms with E-state index < -0.39 is 17.5 Å². The fraction of sp³-hybridized carbons (Fsp3) is 0.0833. The molecule has 19 heavy (non-hydrogen) atoms. The molecule has 2 rings (SSSR count). The van der Waals surface area contributed by atoms with Crippen molar-refractivity contribution in [1.29, 1.82) is 0 Å². The minimum absolute atomic E-state index is 0.0447. The van der Waals surface area contributed by atoms with E-state index in [1.807, 2.05) is 0 Å². The van der Waals surface area contributed by atoms with Gasteiger partial charge in [-0.1, -0.05) is 15.9 Å². The summed E-state index contributed by atoms with van der Waals surface area (Å²) in [6, 6.07) is 4.91. The maximum Gasteiger partial charge on any atom is 0.169 e. The Hall–Kier alpha value is -1.76. The van der Waals surface area contributed by atoms with Crippen molar-refractivity contribution in [3.8, 4) is 0 Å². The highest BCUT2D eigenvalue weighted by Crippen LogP contribution is 2.25. The van der Waals surface area contributed by atoms with E-state index in [0.717, 1.165) is 0 Å². The van der Waals surface area contributed by atoms with Crippen LogP contribution < -0.4 is 10.6 Å². The summed E-state index contributed by atoms with van der Waals surface area (Å²) in [5, 5.41) is 4.96. The molecule has 0 atom stereocenters. The van der Waals surface area contributed by atoms with Gasteiger partial charge in [0, 0.05) is 17.6 Å². The summed E-state index contributed by atoms with van der Waals surface area (Å²) in [5.41, 5.74) is 0.0447. The van der Waals surface area contributed by atoms with E-state index in [9.17, 15) is 13.2 Å². The third kappa shape index (κ3) is 2.98. The summed E-state index contributed by atoms with van der Waals surface area (Å²) in [5.74, 6) is -2.68. The average molecular weight is 332 g/mol. The van der Waals surface area contributed by atoms with Crippen molar-refractivity contribution in [2.45, 2.75) is 0 Å². The van der Waals surface area contributed by atoms with Gasteiger partial charge in [0.05, 0.1) is 5.69 Å². The van der Waals surface area contributed by atoms with Crippen LogP contribution in [0.25, 0.3) is 0 Å². The van der Waals surface area contributed by atoms with Crippen LogP contribution in [0.5, 0.6) is 0 Å². The van der Waals surface area contributed by atoms with Gasteiger partial charge in [-0.25, -0.2) is 18.2 Å². The standard InChI is InChI=1S/C12H9BrF3N3/c1-17-11-8(15)5-9(16)12(19-11)18-10-3-2-6(13)4-7(10)14/h2-5H,1H3,(H2,17,18,19). The first kappa shape index (κ1) is 13.7. The Balaban J connectivity index is 2.37. The molecule has 2 aromatic rings. The molecule has 0 bridgehead atoms. The molecular formula is C12H9BrF3N3. The predicted molar refractivity (Wildman–Crippen MR) is 71.1 cm³/mol. The molecule has 1 aromatic heterocycles. The summed E-state index contributed by atoms with van der Waals surface area (Å²) < 4.78 is 40.9. The lowest BCUT2D eigenvalue weighted by atomic mass is 10.3. The Labute approximate surface area is 116 Å². The first-order valence-corrected chi connectivity index (χ1v) is 6.06. The van der Waals surface area contributed by atoms with E-state index in [-0.39, 0.29) is 17.3 Å². The predicted octanol–water partition coefficient (Wildman–Crippen LogP) is 4.05. The number of rotatable bonds is 3. The molecule has 0 radical (unpaired) electrons. The molecule has 100 valence electrons. The van der Waals surface area contributed by atoms with Gasteiger partial charge in [0.15, 0.2) is 23.3 Å². The molecular weight excluding hydrogens is 323 g/mol. The van der Waals surface area contributed by atoms with Crippen LogP contribution in [0.3, 0.4) is 0 Å². The summed E-state index contributed by atoms with van der Waals surface area (Å²) in [6.07, 6.45) is 0. The number of nitrogens with zero attached hydrogens (tertiary/aromatic N) is 1. The molecule has 0 spiro atoms. The number of aromatic nitrogens is 1. The molecule has 0 aliphatic rings. The highest BCUT2D eigenvalue weighted by atomic mass is 79.9. The lowest BCUT2D eigenvalue weighted by Crippen LogP contribution is -2.04. The highest BCUT2D eigenvalue weighted by molar-refractivity contribution is 9.10. The summed E-state index contributed by atoms with van der Waals surface area (Å²) in [4.78, 5) is 3.70. The Bertz CT molecular complexity index is 619. The monoisotopic (exact) mass is 331 g/mol. The van der Waals surface area contributed by atoms with Crippen molar-refractivity contribution in [3.63, 3.8) is 0 Å². The van der Waals surface area contributed by atoms with Gasteiger partial charge < -0.3 is 10.6 Å². The second kappa shape index (κ2) is 5.48. The van der Waals surface area contributed by atoms with Crippen LogP contribution >= 0.6 is 15.9 Å². The molecule has 1 aromatic carbocycles. The Morgan fingerprint density at radius 1 is 1.00 bits per heavy atom. The molecule has 0 aliphatic heterocycles. The maximum absolute atomic E-state index is 13.6. The quantitative estimate of drug-likeness (QED) is 0.891. The molecule has 0 fully saturated rings. The van der Waals surface area contributed by atoms with E-state index in [4.69, 9.17) is 0 Å². The van der Waals surface area contributed by atoms with Gasteiger partial charge in [0.1, 0.15) is 5.82 Å². The van der Waals surface area contributed by atoms with Gasteiger partial charge in [-0.05, 0) is 18.2 Å². The summed E-state index contributed by atoms with van der Waals surface area (Å²) >= 11 is 3.11. The average Bonchev–Trinajstić information content (AvgIpc) is 2.35. The molecule has 0 unspecified atom stereocenters. The lowest BCUT2D eigenvalue weighted by Gasteiger charge is -2.10. The van der Waals surface area contributed by atoms with Crippen molar-refractivity contribution in [2.75, 3.05) is 17.7 Å². The fourth-order valence-electron chi connectivity index (χ4n) is 1.45. The number of hydrogen-bond acceptors (Lipinski definition) is 3. The zero-order valence-corrected chi connectivity index (χ0v) is 11.4. The number of hydrogen-bond donors (Lipinski definition) is 2. The van der Waals surface area contributed by atoms with Crippen molar-refractivity contribution < 1.29 is 13.2 Å². The highest BCUT2D eigenvalue weighted by Gasteiger charge is 2.12. The van der Waals surface area contributed by atoms with Gasteiger partial charge in [0.25, 0.3) is 0 Å². The zero-order chi connectivity index (χ0) is 14.0. The van der Waals surface area contributed by atoms with Crippen molar-refractivity contribution >= 4 is 33.3 Å². The van der Waals surface area contributed by atoms with Crippen LogP contribution in [-0.2, 0) is 0 Å². The topological polar surface area (TPSA) is 37.0 Å². The number of nitrogens with one attached hydrogen (secondary N) is 2. The normalized spacial score (nSPS) is 10.4. The van der Waals surface area contributed by atoms with E-state index in [0.29, 0.717) is 10.5 Å². The van der Waals surface area contributed by atoms with Crippen LogP contribution in [0, 0.1) is 17.5 Å². The first-order valence-electron chi connectivity index (χ1n) is 5.27. The Kier molecular flexibility index (Phi) is 3.94. The van der Waals surface area contributed by atoms with Gasteiger partial charge in [-0.3, -0.25) is 0 Å². The third-order valence-corrected chi connectivity index (χ3v) is 2.84. The third-order valence-electron chi connectivity index (χ3n) is 2.35. The Morgan fingerprint density at radius 2 is 1.68 bits per heavy atom. The number of halogens is 4. The van der Waals surface area contributed by atoms with Crippen molar-refractivity contribution in [3.05, 3.63) is 46.2 Å². The largest absolute Gasteiger partial charge is 0.371 e. The van der Waals surface area contributed by atoms with Gasteiger partial charge in [-0.2, -0.15) is 0 Å². The van der Waals surface area contributed by atoms with Crippen molar-refractivity contribution in [2.24, 2.45) is 0 Å². The fourth-order valence-corrected chi connectivity index (χ4v) is 1.78. The van der Waals surface area contributed by atoms with Crippen LogP contribution in [0.4, 0.5) is 30.5 Å². The minimum Gasteiger partial charge on any atom is -0.371 e. The molecule has 2 N–H and O–H groups in total. The van der Waals surface area contributed by atoms with Crippen LogP contribution in [0.1, 0.15) is 0 Å². The zero-order valence-electron chi connectivity index (χ0n) is 9.77. The van der Waals surface area contributed by atoms with Crippen molar-refractivity contribution in [1.82, 2.24) is 4.98 Å². The summed E-state index contributed by atoms with van der Waals surface area (Å²) in [6.45, 7) is 0. The van der Waals surface area contributed by atoms with E-state index in [1.54, 1.807) is 6.07 Å². The summed E-state index contributed by atoms with van der Waals surface area (Å²) in [7, 11) is 1.45. The molecule has 3 nitrogen and oxygen atoms in total. The second-order valence-electron chi connectivity index (χ2n) is 3.65. The molecule has 0 saturated heterocycles. The molecule has 1 heterocycles. The van der Waals surface area contributed by atoms with E-state index in [1.165, 1.54) is 19.2 Å². The van der Waals surface area contributed by atoms with E-state index in [2.05, 4.69) is 31.5 Å². The first-order chi connectivity index (χ1) is 9.01. The smallest absolute Gasteiger partial charge is 0.169 e. The molecule has 0 amide bonds. The second-order valence-corrected chi connectivity index (χ2v) is 4.56. The van der Waals surface area contributed by atoms with Crippen LogP contribution in [0.15, 0.2) is 28.7 Å². The molecule has 0 aliphatic carbocycles. The van der Waals surface area contributed by atoms with Gasteiger partial charge in [0.2, 0.25) is 0 Å².